The Kier molecular flexibility index (Phi) is 12.4. The van der Waals surface area contributed by atoms with Crippen LogP contribution in [0.15, 0.2) is 69.1 Å². The average molecular weight is 712 g/mol. The minimum absolute atomic E-state index is 0.0405. The molecule has 3 aromatic rings. The highest BCUT2D eigenvalue weighted by Gasteiger charge is 2.32. The summed E-state index contributed by atoms with van der Waals surface area (Å²) in [6.45, 7) is 5.42. The number of hydrogen-bond donors (Lipinski definition) is 2. The molecule has 1 aliphatic heterocycles. The first-order valence-corrected chi connectivity index (χ1v) is 19.2. The minimum Gasteiger partial charge on any atom is -0.490 e. The Morgan fingerprint density at radius 1 is 1.11 bits per heavy atom. The molecule has 2 heterocycles. The van der Waals surface area contributed by atoms with Crippen molar-refractivity contribution >= 4 is 43.0 Å². The van der Waals surface area contributed by atoms with Gasteiger partial charge < -0.3 is 19.5 Å². The monoisotopic (exact) mass is 711 g/mol. The van der Waals surface area contributed by atoms with Gasteiger partial charge in [-0.25, -0.2) is 21.2 Å². The molecule has 1 aromatic heterocycles. The highest BCUT2D eigenvalue weighted by molar-refractivity contribution is 7.94. The molecule has 0 radical (unpaired) electrons. The van der Waals surface area contributed by atoms with Crippen molar-refractivity contribution in [1.29, 1.82) is 0 Å². The quantitative estimate of drug-likeness (QED) is 0.322. The number of thiophene rings is 1. The average Bonchev–Trinajstić information content (AvgIpc) is 3.59. The lowest BCUT2D eigenvalue weighted by atomic mass is 10.0. The predicted octanol–water partition coefficient (Wildman–Crippen LogP) is 4.80. The van der Waals surface area contributed by atoms with Gasteiger partial charge in [-0.1, -0.05) is 13.0 Å². The summed E-state index contributed by atoms with van der Waals surface area (Å²) in [6, 6.07) is 11.6. The van der Waals surface area contributed by atoms with Gasteiger partial charge in [0.15, 0.2) is 0 Å². The number of hydrogen-bond acceptors (Lipinski definition) is 9. The molecular formula is C32H42FN3O8S3. The van der Waals surface area contributed by atoms with Crippen LogP contribution in [0.4, 0.5) is 10.1 Å². The first-order valence-electron chi connectivity index (χ1n) is 15.3. The summed E-state index contributed by atoms with van der Waals surface area (Å²) in [4.78, 5) is 15.7. The van der Waals surface area contributed by atoms with Crippen LogP contribution in [0.5, 0.6) is 5.75 Å². The van der Waals surface area contributed by atoms with Crippen molar-refractivity contribution in [2.75, 3.05) is 38.1 Å². The second-order valence-electron chi connectivity index (χ2n) is 11.8. The standard InChI is InChI=1S/C32H42FN3O8S3/c1-22-19-36(23(2)21-37)32(38)28-18-26(34-46(39,40)31-9-7-17-45-31)12-15-29(28)44-24(3)8-5-6-16-43-30(22)20-35(4)47(41,42)27-13-10-25(33)11-14-27/h7,9-15,17-18,22-24,30,34,37H,5-6,8,16,19-21H2,1-4H3/t22-,23+,24-,30-/m1/s1. The van der Waals surface area contributed by atoms with Crippen molar-refractivity contribution in [3.63, 3.8) is 0 Å². The lowest BCUT2D eigenvalue weighted by Crippen LogP contribution is -2.48. The van der Waals surface area contributed by atoms with Gasteiger partial charge in [-0.2, -0.15) is 4.31 Å². The Balaban J connectivity index is 1.67. The van der Waals surface area contributed by atoms with Gasteiger partial charge in [0.25, 0.3) is 15.9 Å². The number of carbonyl (C=O) groups is 1. The number of anilines is 1. The highest BCUT2D eigenvalue weighted by atomic mass is 32.2. The molecular weight excluding hydrogens is 670 g/mol. The fourth-order valence-corrected chi connectivity index (χ4v) is 8.43. The van der Waals surface area contributed by atoms with Gasteiger partial charge in [0.05, 0.1) is 35.3 Å². The van der Waals surface area contributed by atoms with Crippen molar-refractivity contribution in [2.24, 2.45) is 5.92 Å². The number of benzene rings is 2. The zero-order valence-electron chi connectivity index (χ0n) is 26.8. The molecule has 11 nitrogen and oxygen atoms in total. The number of carbonyl (C=O) groups excluding carboxylic acids is 1. The summed E-state index contributed by atoms with van der Waals surface area (Å²) < 4.78 is 82.3. The van der Waals surface area contributed by atoms with Crippen molar-refractivity contribution in [3.05, 3.63) is 71.4 Å². The lowest BCUT2D eigenvalue weighted by Gasteiger charge is -2.35. The number of nitrogens with one attached hydrogen (secondary N) is 1. The van der Waals surface area contributed by atoms with Gasteiger partial charge >= 0.3 is 0 Å². The van der Waals surface area contributed by atoms with Crippen LogP contribution in [-0.2, 0) is 24.8 Å². The molecule has 0 saturated carbocycles. The molecule has 2 N–H and O–H groups in total. The SMILES string of the molecule is C[C@@H]1CCCCO[C@H](CN(C)S(=O)(=O)c2ccc(F)cc2)[C@H](C)CN([C@@H](C)CO)C(=O)c2cc(NS(=O)(=O)c3cccs3)ccc2O1. The largest absolute Gasteiger partial charge is 0.490 e. The number of fused-ring (bicyclic) bond motifs is 1. The van der Waals surface area contributed by atoms with Crippen LogP contribution in [0.1, 0.15) is 50.4 Å². The number of nitrogens with zero attached hydrogens (tertiary/aromatic N) is 2. The Morgan fingerprint density at radius 2 is 1.83 bits per heavy atom. The van der Waals surface area contributed by atoms with Gasteiger partial charge in [-0.3, -0.25) is 9.52 Å². The van der Waals surface area contributed by atoms with E-state index < -0.39 is 49.8 Å². The number of rotatable bonds is 9. The summed E-state index contributed by atoms with van der Waals surface area (Å²) >= 11 is 1.06. The molecule has 4 atom stereocenters. The normalized spacial score (nSPS) is 21.0. The molecule has 0 fully saturated rings. The smallest absolute Gasteiger partial charge is 0.271 e. The van der Waals surface area contributed by atoms with Crippen molar-refractivity contribution < 1.29 is 40.6 Å². The lowest BCUT2D eigenvalue weighted by molar-refractivity contribution is -0.00833. The highest BCUT2D eigenvalue weighted by Crippen LogP contribution is 2.30. The van der Waals surface area contributed by atoms with Crippen molar-refractivity contribution in [3.8, 4) is 5.75 Å². The van der Waals surface area contributed by atoms with Gasteiger partial charge in [0.1, 0.15) is 15.8 Å². The van der Waals surface area contributed by atoms with Gasteiger partial charge in [-0.05, 0) is 87.0 Å². The summed E-state index contributed by atoms with van der Waals surface area (Å²) in [5.41, 5.74) is 0.280. The maximum atomic E-state index is 14.3. The number of halogens is 1. The molecule has 0 spiro atoms. The van der Waals surface area contributed by atoms with Gasteiger partial charge in [-0.15, -0.1) is 11.3 Å². The van der Waals surface area contributed by atoms with Crippen LogP contribution in [0, 0.1) is 11.7 Å². The van der Waals surface area contributed by atoms with Crippen LogP contribution >= 0.6 is 11.3 Å². The number of amides is 1. The van der Waals surface area contributed by atoms with E-state index in [1.807, 2.05) is 13.8 Å². The number of aliphatic hydroxyl groups is 1. The summed E-state index contributed by atoms with van der Waals surface area (Å²) in [5.74, 6) is -1.18. The van der Waals surface area contributed by atoms with E-state index in [4.69, 9.17) is 9.47 Å². The Morgan fingerprint density at radius 3 is 2.49 bits per heavy atom. The van der Waals surface area contributed by atoms with E-state index in [1.54, 1.807) is 24.4 Å². The maximum absolute atomic E-state index is 14.3. The van der Waals surface area contributed by atoms with E-state index >= 15 is 0 Å². The van der Waals surface area contributed by atoms with Gasteiger partial charge in [0, 0.05) is 38.3 Å². The van der Waals surface area contributed by atoms with Crippen molar-refractivity contribution in [2.45, 2.75) is 67.4 Å². The van der Waals surface area contributed by atoms with Crippen LogP contribution < -0.4 is 9.46 Å². The number of aliphatic hydroxyl groups excluding tert-OH is 1. The number of likely N-dealkylation sites (N-methyl/N-ethyl adjacent to an activating group) is 1. The summed E-state index contributed by atoms with van der Waals surface area (Å²) in [6.07, 6.45) is 1.12. The third kappa shape index (κ3) is 9.30. The molecule has 0 aliphatic carbocycles. The fraction of sp³-hybridized carbons (Fsp3) is 0.469. The second-order valence-corrected chi connectivity index (χ2v) is 16.7. The minimum atomic E-state index is -3.97. The second kappa shape index (κ2) is 15.9. The van der Waals surface area contributed by atoms with Crippen LogP contribution in [-0.4, -0.2) is 88.7 Å². The molecule has 15 heteroatoms. The topological polar surface area (TPSA) is 143 Å². The number of sulfonamides is 2. The van der Waals surface area contributed by atoms with E-state index in [0.717, 1.165) is 34.2 Å². The third-order valence-corrected chi connectivity index (χ3v) is 12.6. The molecule has 258 valence electrons. The summed E-state index contributed by atoms with van der Waals surface area (Å²) in [7, 11) is -6.45. The van der Waals surface area contributed by atoms with Gasteiger partial charge in [0.2, 0.25) is 10.0 Å². The van der Waals surface area contributed by atoms with Crippen LogP contribution in [0.2, 0.25) is 0 Å². The van der Waals surface area contributed by atoms with E-state index in [1.165, 1.54) is 42.3 Å². The summed E-state index contributed by atoms with van der Waals surface area (Å²) in [5, 5.41) is 11.8. The molecule has 0 saturated heterocycles. The predicted molar refractivity (Wildman–Crippen MR) is 178 cm³/mol. The third-order valence-electron chi connectivity index (χ3n) is 8.02. The van der Waals surface area contributed by atoms with E-state index in [0.29, 0.717) is 19.4 Å². The zero-order valence-corrected chi connectivity index (χ0v) is 29.3. The first-order chi connectivity index (χ1) is 22.2. The molecule has 47 heavy (non-hydrogen) atoms. The van der Waals surface area contributed by atoms with E-state index in [2.05, 4.69) is 4.72 Å². The molecule has 0 unspecified atom stereocenters. The van der Waals surface area contributed by atoms with E-state index in [9.17, 15) is 31.1 Å². The molecule has 2 aromatic carbocycles. The maximum Gasteiger partial charge on any atom is 0.271 e. The van der Waals surface area contributed by atoms with Crippen LogP contribution in [0.25, 0.3) is 0 Å². The molecule has 4 rings (SSSR count). The Labute approximate surface area is 280 Å². The Hall–Kier alpha value is -3.08. The molecule has 1 amide bonds. The fourth-order valence-electron chi connectivity index (χ4n) is 5.21. The Bertz CT molecular complexity index is 1700. The first kappa shape index (κ1) is 36.8. The van der Waals surface area contributed by atoms with Crippen LogP contribution in [0.3, 0.4) is 0 Å². The molecule has 0 bridgehead atoms. The zero-order chi connectivity index (χ0) is 34.4. The molecule has 1 aliphatic rings. The van der Waals surface area contributed by atoms with E-state index in [-0.39, 0.29) is 51.9 Å². The van der Waals surface area contributed by atoms with Crippen molar-refractivity contribution in [1.82, 2.24) is 9.21 Å². The number of ether oxygens (including phenoxy) is 2.